The van der Waals surface area contributed by atoms with Crippen molar-refractivity contribution in [2.45, 2.75) is 18.5 Å². The normalized spacial score (nSPS) is 13.5. The number of hydrogen-bond acceptors (Lipinski definition) is 2. The van der Waals surface area contributed by atoms with Gasteiger partial charge in [0.2, 0.25) is 0 Å². The largest absolute Gasteiger partial charge is 0.573 e. The topological polar surface area (TPSA) is 46.5 Å². The molecule has 0 spiro atoms. The molecule has 2 aromatic rings. The van der Waals surface area contributed by atoms with Gasteiger partial charge in [-0.15, -0.1) is 13.2 Å². The second-order valence-electron chi connectivity index (χ2n) is 5.54. The highest BCUT2D eigenvalue weighted by atomic mass is 79.9. The first-order valence-electron chi connectivity index (χ1n) is 7.50. The number of carboxylic acids is 1. The van der Waals surface area contributed by atoms with Crippen molar-refractivity contribution in [2.75, 3.05) is 0 Å². The van der Waals surface area contributed by atoms with Crippen molar-refractivity contribution >= 4 is 28.0 Å². The predicted molar refractivity (Wildman–Crippen MR) is 92.1 cm³/mol. The van der Waals surface area contributed by atoms with E-state index in [4.69, 9.17) is 5.11 Å². The fourth-order valence-corrected chi connectivity index (χ4v) is 2.90. The third-order valence-corrected chi connectivity index (χ3v) is 4.16. The van der Waals surface area contributed by atoms with Crippen LogP contribution in [0.2, 0.25) is 0 Å². The van der Waals surface area contributed by atoms with E-state index in [0.717, 1.165) is 30.4 Å². The van der Waals surface area contributed by atoms with E-state index in [1.807, 2.05) is 0 Å². The van der Waals surface area contributed by atoms with Crippen LogP contribution in [0.15, 0.2) is 53.0 Å². The van der Waals surface area contributed by atoms with E-state index in [9.17, 15) is 31.1 Å². The average Bonchev–Trinajstić information content (AvgIpc) is 2.52. The lowest BCUT2D eigenvalue weighted by Crippen LogP contribution is -2.20. The quantitative estimate of drug-likeness (QED) is 0.516. The van der Waals surface area contributed by atoms with Crippen molar-refractivity contribution in [3.63, 3.8) is 0 Å². The molecule has 0 aromatic heterocycles. The molecule has 150 valence electrons. The Labute approximate surface area is 163 Å². The Balaban J connectivity index is 2.35. The van der Waals surface area contributed by atoms with Crippen LogP contribution in [0, 0.1) is 0 Å². The van der Waals surface area contributed by atoms with Gasteiger partial charge in [0.1, 0.15) is 5.75 Å². The fraction of sp³-hybridized carbons (Fsp3) is 0.167. The highest BCUT2D eigenvalue weighted by Crippen LogP contribution is 2.38. The van der Waals surface area contributed by atoms with E-state index in [-0.39, 0.29) is 15.6 Å². The maximum Gasteiger partial charge on any atom is 0.573 e. The Bertz CT molecular complexity index is 890. The summed E-state index contributed by atoms with van der Waals surface area (Å²) in [4.78, 5) is 11.0. The molecule has 10 heteroatoms. The molecule has 0 radical (unpaired) electrons. The van der Waals surface area contributed by atoms with Crippen LogP contribution < -0.4 is 4.74 Å². The molecule has 0 amide bonds. The van der Waals surface area contributed by atoms with E-state index in [1.165, 1.54) is 18.2 Å². The molecule has 0 bridgehead atoms. The molecule has 28 heavy (non-hydrogen) atoms. The molecule has 0 saturated heterocycles. The third kappa shape index (κ3) is 6.01. The first kappa shape index (κ1) is 21.8. The van der Waals surface area contributed by atoms with Gasteiger partial charge in [0.05, 0.1) is 11.5 Å². The van der Waals surface area contributed by atoms with Crippen molar-refractivity contribution < 1.29 is 41.0 Å². The van der Waals surface area contributed by atoms with Gasteiger partial charge < -0.3 is 9.84 Å². The summed E-state index contributed by atoms with van der Waals surface area (Å²) >= 11 is 3.02. The van der Waals surface area contributed by atoms with Gasteiger partial charge in [-0.3, -0.25) is 0 Å². The Morgan fingerprint density at radius 1 is 1.07 bits per heavy atom. The Kier molecular flexibility index (Phi) is 6.43. The Morgan fingerprint density at radius 2 is 1.75 bits per heavy atom. The third-order valence-electron chi connectivity index (χ3n) is 3.51. The highest BCUT2D eigenvalue weighted by molar-refractivity contribution is 9.10. The zero-order chi connectivity index (χ0) is 21.1. The number of halogens is 7. The molecule has 2 aromatic carbocycles. The zero-order valence-electron chi connectivity index (χ0n) is 13.7. The van der Waals surface area contributed by atoms with Crippen LogP contribution in [0.5, 0.6) is 5.75 Å². The van der Waals surface area contributed by atoms with Crippen molar-refractivity contribution in [1.82, 2.24) is 0 Å². The van der Waals surface area contributed by atoms with Gasteiger partial charge in [-0.2, -0.15) is 13.2 Å². The van der Waals surface area contributed by atoms with E-state index < -0.39 is 35.7 Å². The molecule has 0 aliphatic heterocycles. The summed E-state index contributed by atoms with van der Waals surface area (Å²) in [7, 11) is 0. The van der Waals surface area contributed by atoms with Crippen LogP contribution in [0.1, 0.15) is 27.4 Å². The zero-order valence-corrected chi connectivity index (χ0v) is 15.3. The second-order valence-corrected chi connectivity index (χ2v) is 6.40. The number of hydrogen-bond donors (Lipinski definition) is 1. The lowest BCUT2D eigenvalue weighted by molar-refractivity contribution is -0.274. The van der Waals surface area contributed by atoms with Gasteiger partial charge in [-0.05, 0) is 51.3 Å². The van der Waals surface area contributed by atoms with Crippen LogP contribution >= 0.6 is 15.9 Å². The van der Waals surface area contributed by atoms with Gasteiger partial charge in [-0.25, -0.2) is 4.79 Å². The number of alkyl halides is 6. The first-order valence-corrected chi connectivity index (χ1v) is 8.29. The van der Waals surface area contributed by atoms with Gasteiger partial charge in [-0.1, -0.05) is 30.4 Å². The number of rotatable bonds is 5. The van der Waals surface area contributed by atoms with Crippen molar-refractivity contribution in [3.8, 4) is 5.75 Å². The summed E-state index contributed by atoms with van der Waals surface area (Å²) in [5.41, 5.74) is -0.234. The van der Waals surface area contributed by atoms with E-state index in [0.29, 0.717) is 6.07 Å². The average molecular weight is 469 g/mol. The van der Waals surface area contributed by atoms with E-state index >= 15 is 0 Å². The molecule has 0 saturated carbocycles. The second kappa shape index (κ2) is 8.26. The summed E-state index contributed by atoms with van der Waals surface area (Å²) in [5, 5.41) is 8.95. The maximum absolute atomic E-state index is 13.4. The highest BCUT2D eigenvalue weighted by Gasteiger charge is 2.39. The van der Waals surface area contributed by atoms with Crippen LogP contribution in [0.25, 0.3) is 6.08 Å². The van der Waals surface area contributed by atoms with Crippen molar-refractivity contribution in [2.24, 2.45) is 0 Å². The molecule has 1 N–H and O–H groups in total. The van der Waals surface area contributed by atoms with Crippen molar-refractivity contribution in [3.05, 3.63) is 69.7 Å². The maximum atomic E-state index is 13.4. The summed E-state index contributed by atoms with van der Waals surface area (Å²) in [6.07, 6.45) is -7.92. The molecule has 0 heterocycles. The first-order chi connectivity index (χ1) is 12.9. The van der Waals surface area contributed by atoms with Crippen LogP contribution in [-0.4, -0.2) is 23.6 Å². The van der Waals surface area contributed by atoms with Crippen molar-refractivity contribution in [1.29, 1.82) is 0 Å². The molecule has 3 nitrogen and oxygen atoms in total. The number of benzene rings is 2. The van der Waals surface area contributed by atoms with Gasteiger partial charge >= 0.3 is 18.5 Å². The number of allylic oxidation sites excluding steroid dienone is 1. The van der Waals surface area contributed by atoms with Gasteiger partial charge in [0.15, 0.2) is 0 Å². The summed E-state index contributed by atoms with van der Waals surface area (Å²) in [6, 6.07) is 7.47. The smallest absolute Gasteiger partial charge is 0.478 e. The molecule has 1 atom stereocenters. The van der Waals surface area contributed by atoms with Crippen LogP contribution in [-0.2, 0) is 0 Å². The van der Waals surface area contributed by atoms with Gasteiger partial charge in [0.25, 0.3) is 0 Å². The van der Waals surface area contributed by atoms with E-state index in [2.05, 4.69) is 20.7 Å². The lowest BCUT2D eigenvalue weighted by atomic mass is 9.96. The van der Waals surface area contributed by atoms with Crippen LogP contribution in [0.4, 0.5) is 26.3 Å². The number of ether oxygens (including phenoxy) is 1. The molecule has 2 rings (SSSR count). The summed E-state index contributed by atoms with van der Waals surface area (Å²) in [6.45, 7) is 0. The predicted octanol–water partition coefficient (Wildman–Crippen LogP) is 6.41. The molecular formula is C18H11BrF6O3. The van der Waals surface area contributed by atoms with Gasteiger partial charge in [0, 0.05) is 4.47 Å². The van der Waals surface area contributed by atoms with E-state index in [1.54, 1.807) is 0 Å². The molecule has 0 fully saturated rings. The SMILES string of the molecule is O=C(O)c1ccc(C=CC(c2cccc(OC(F)(F)F)c2)C(F)(F)F)cc1Br. The molecule has 0 aliphatic rings. The molecular weight excluding hydrogens is 458 g/mol. The summed E-state index contributed by atoms with van der Waals surface area (Å²) in [5.74, 6) is -4.17. The monoisotopic (exact) mass is 468 g/mol. The summed E-state index contributed by atoms with van der Waals surface area (Å²) < 4.78 is 81.0. The molecule has 1 unspecified atom stereocenters. The fourth-order valence-electron chi connectivity index (χ4n) is 2.33. The standard InChI is InChI=1S/C18H11BrF6O3/c19-15-8-10(4-6-13(15)16(26)27)5-7-14(17(20,21)22)11-2-1-3-12(9-11)28-18(23,24)25/h1-9,14H,(H,26,27). The Morgan fingerprint density at radius 3 is 2.29 bits per heavy atom. The lowest BCUT2D eigenvalue weighted by Gasteiger charge is -2.18. The number of carboxylic acid groups (broad SMARTS) is 1. The molecule has 0 aliphatic carbocycles. The Hall–Kier alpha value is -2.49. The number of aromatic carboxylic acids is 1. The minimum atomic E-state index is -5.03. The minimum absolute atomic E-state index is 0.0680. The minimum Gasteiger partial charge on any atom is -0.478 e. The number of carbonyl (C=O) groups is 1. The van der Waals surface area contributed by atoms with Crippen LogP contribution in [0.3, 0.4) is 0 Å².